The van der Waals surface area contributed by atoms with Crippen LogP contribution in [-0.2, 0) is 11.2 Å². The van der Waals surface area contributed by atoms with Crippen LogP contribution in [0.5, 0.6) is 5.75 Å². The Bertz CT molecular complexity index is 486. The first-order valence-electron chi connectivity index (χ1n) is 6.27. The van der Waals surface area contributed by atoms with E-state index < -0.39 is 0 Å². The molecule has 1 aliphatic rings. The number of ether oxygens (including phenoxy) is 2. The van der Waals surface area contributed by atoms with Gasteiger partial charge in [-0.2, -0.15) is 0 Å². The van der Waals surface area contributed by atoms with E-state index in [-0.39, 0.29) is 0 Å². The Hall–Kier alpha value is -1.80. The van der Waals surface area contributed by atoms with E-state index >= 15 is 0 Å². The van der Waals surface area contributed by atoms with Crippen LogP contribution >= 0.6 is 0 Å². The Kier molecular flexibility index (Phi) is 3.29. The summed E-state index contributed by atoms with van der Waals surface area (Å²) in [6.45, 7) is 1.50. The van der Waals surface area contributed by atoms with Crippen molar-refractivity contribution < 1.29 is 9.47 Å². The first-order chi connectivity index (χ1) is 8.90. The van der Waals surface area contributed by atoms with E-state index in [0.717, 1.165) is 18.8 Å². The van der Waals surface area contributed by atoms with Crippen molar-refractivity contribution in [1.29, 1.82) is 0 Å². The van der Waals surface area contributed by atoms with Gasteiger partial charge in [0, 0.05) is 0 Å². The smallest absolute Gasteiger partial charge is 0.119 e. The zero-order valence-electron chi connectivity index (χ0n) is 10.2. The molecule has 92 valence electrons. The fraction of sp³-hybridized carbons (Fsp3) is 0.250. The molecule has 0 amide bonds. The predicted molar refractivity (Wildman–Crippen MR) is 70.9 cm³/mol. The summed E-state index contributed by atoms with van der Waals surface area (Å²) in [5.74, 6) is 0.919. The molecule has 0 N–H and O–H groups in total. The maximum absolute atomic E-state index is 5.61. The molecule has 18 heavy (non-hydrogen) atoms. The summed E-state index contributed by atoms with van der Waals surface area (Å²) in [7, 11) is 0. The molecule has 3 rings (SSSR count). The van der Waals surface area contributed by atoms with Crippen molar-refractivity contribution >= 4 is 0 Å². The van der Waals surface area contributed by atoms with Gasteiger partial charge in [0.05, 0.1) is 6.61 Å². The van der Waals surface area contributed by atoms with Gasteiger partial charge in [0.2, 0.25) is 0 Å². The van der Waals surface area contributed by atoms with Crippen molar-refractivity contribution in [3.05, 3.63) is 65.7 Å². The highest BCUT2D eigenvalue weighted by Gasteiger charge is 2.22. The number of rotatable bonds is 5. The van der Waals surface area contributed by atoms with Gasteiger partial charge in [0.1, 0.15) is 18.5 Å². The van der Waals surface area contributed by atoms with Crippen LogP contribution in [-0.4, -0.2) is 19.3 Å². The van der Waals surface area contributed by atoms with Crippen LogP contribution in [0.1, 0.15) is 11.1 Å². The van der Waals surface area contributed by atoms with E-state index in [1.54, 1.807) is 0 Å². The lowest BCUT2D eigenvalue weighted by Crippen LogP contribution is -2.03. The van der Waals surface area contributed by atoms with Gasteiger partial charge in [0.25, 0.3) is 0 Å². The molecule has 0 aliphatic carbocycles. The molecule has 0 radical (unpaired) electrons. The first kappa shape index (κ1) is 11.3. The van der Waals surface area contributed by atoms with Crippen LogP contribution in [0.4, 0.5) is 0 Å². The molecule has 0 bridgehead atoms. The zero-order chi connectivity index (χ0) is 12.2. The minimum atomic E-state index is 0.314. The lowest BCUT2D eigenvalue weighted by molar-refractivity contribution is 0.263. The lowest BCUT2D eigenvalue weighted by Gasteiger charge is -2.06. The van der Waals surface area contributed by atoms with E-state index in [1.807, 2.05) is 18.2 Å². The first-order valence-corrected chi connectivity index (χ1v) is 6.27. The molecule has 2 aromatic rings. The van der Waals surface area contributed by atoms with Crippen molar-refractivity contribution in [3.63, 3.8) is 0 Å². The average Bonchev–Trinajstić information content (AvgIpc) is 3.23. The van der Waals surface area contributed by atoms with E-state index in [0.29, 0.717) is 12.7 Å². The van der Waals surface area contributed by atoms with Gasteiger partial charge in [-0.05, 0) is 29.7 Å². The molecule has 0 aromatic heterocycles. The Morgan fingerprint density at radius 2 is 1.61 bits per heavy atom. The van der Waals surface area contributed by atoms with Gasteiger partial charge in [-0.25, -0.2) is 0 Å². The fourth-order valence-electron chi connectivity index (χ4n) is 1.89. The molecule has 1 aliphatic heterocycles. The van der Waals surface area contributed by atoms with Crippen LogP contribution in [0.3, 0.4) is 0 Å². The number of hydrogen-bond donors (Lipinski definition) is 0. The predicted octanol–water partition coefficient (Wildman–Crippen LogP) is 3.06. The Labute approximate surface area is 107 Å². The minimum absolute atomic E-state index is 0.314. The third kappa shape index (κ3) is 3.11. The summed E-state index contributed by atoms with van der Waals surface area (Å²) in [5.41, 5.74) is 2.63. The van der Waals surface area contributed by atoms with E-state index in [2.05, 4.69) is 36.4 Å². The van der Waals surface area contributed by atoms with Gasteiger partial charge >= 0.3 is 0 Å². The number of hydrogen-bond acceptors (Lipinski definition) is 2. The maximum atomic E-state index is 5.61. The minimum Gasteiger partial charge on any atom is -0.491 e. The second-order valence-electron chi connectivity index (χ2n) is 4.57. The highest BCUT2D eigenvalue weighted by molar-refractivity contribution is 5.31. The highest BCUT2D eigenvalue weighted by Crippen LogP contribution is 2.17. The molecule has 2 aromatic carbocycles. The fourth-order valence-corrected chi connectivity index (χ4v) is 1.89. The molecule has 0 saturated carbocycles. The summed E-state index contributed by atoms with van der Waals surface area (Å²) < 4.78 is 10.7. The average molecular weight is 240 g/mol. The van der Waals surface area contributed by atoms with Gasteiger partial charge in [-0.3, -0.25) is 0 Å². The summed E-state index contributed by atoms with van der Waals surface area (Å²) in [6, 6.07) is 18.8. The Morgan fingerprint density at radius 3 is 2.28 bits per heavy atom. The standard InChI is InChI=1S/C16H16O2/c1-2-4-13(5-3-1)10-14-6-8-15(9-7-14)17-11-16-12-18-16/h1-9,16H,10-12H2. The molecule has 0 spiro atoms. The normalized spacial score (nSPS) is 17.4. The van der Waals surface area contributed by atoms with Crippen molar-refractivity contribution in [3.8, 4) is 5.75 Å². The van der Waals surface area contributed by atoms with Crippen molar-refractivity contribution in [1.82, 2.24) is 0 Å². The molecule has 1 heterocycles. The molecule has 1 atom stereocenters. The second kappa shape index (κ2) is 5.23. The maximum Gasteiger partial charge on any atom is 0.119 e. The molecular formula is C16H16O2. The third-order valence-corrected chi connectivity index (χ3v) is 3.01. The monoisotopic (exact) mass is 240 g/mol. The van der Waals surface area contributed by atoms with Crippen molar-refractivity contribution in [2.24, 2.45) is 0 Å². The number of epoxide rings is 1. The van der Waals surface area contributed by atoms with E-state index in [4.69, 9.17) is 9.47 Å². The van der Waals surface area contributed by atoms with Gasteiger partial charge in [0.15, 0.2) is 0 Å². The van der Waals surface area contributed by atoms with Gasteiger partial charge in [-0.1, -0.05) is 42.5 Å². The summed E-state index contributed by atoms with van der Waals surface area (Å²) in [5, 5.41) is 0. The Morgan fingerprint density at radius 1 is 0.944 bits per heavy atom. The van der Waals surface area contributed by atoms with Crippen LogP contribution in [0.15, 0.2) is 54.6 Å². The van der Waals surface area contributed by atoms with Gasteiger partial charge < -0.3 is 9.47 Å². The van der Waals surface area contributed by atoms with Crippen LogP contribution in [0, 0.1) is 0 Å². The number of benzene rings is 2. The quantitative estimate of drug-likeness (QED) is 0.749. The van der Waals surface area contributed by atoms with E-state index in [9.17, 15) is 0 Å². The highest BCUT2D eigenvalue weighted by atomic mass is 16.6. The molecule has 1 fully saturated rings. The Balaban J connectivity index is 1.59. The SMILES string of the molecule is c1ccc(Cc2ccc(OCC3CO3)cc2)cc1. The zero-order valence-corrected chi connectivity index (χ0v) is 10.2. The van der Waals surface area contributed by atoms with Crippen LogP contribution in [0.2, 0.25) is 0 Å². The molecule has 2 heteroatoms. The topological polar surface area (TPSA) is 21.8 Å². The van der Waals surface area contributed by atoms with Gasteiger partial charge in [-0.15, -0.1) is 0 Å². The molecular weight excluding hydrogens is 224 g/mol. The summed E-state index contributed by atoms with van der Waals surface area (Å²) >= 11 is 0. The summed E-state index contributed by atoms with van der Waals surface area (Å²) in [4.78, 5) is 0. The summed E-state index contributed by atoms with van der Waals surface area (Å²) in [6.07, 6.45) is 1.28. The molecule has 2 nitrogen and oxygen atoms in total. The van der Waals surface area contributed by atoms with Crippen LogP contribution < -0.4 is 4.74 Å². The third-order valence-electron chi connectivity index (χ3n) is 3.01. The van der Waals surface area contributed by atoms with E-state index in [1.165, 1.54) is 11.1 Å². The largest absolute Gasteiger partial charge is 0.491 e. The van der Waals surface area contributed by atoms with Crippen molar-refractivity contribution in [2.45, 2.75) is 12.5 Å². The lowest BCUT2D eigenvalue weighted by atomic mass is 10.1. The second-order valence-corrected chi connectivity index (χ2v) is 4.57. The molecule has 1 saturated heterocycles. The molecule has 1 unspecified atom stereocenters. The van der Waals surface area contributed by atoms with Crippen molar-refractivity contribution in [2.75, 3.05) is 13.2 Å². The van der Waals surface area contributed by atoms with Crippen LogP contribution in [0.25, 0.3) is 0 Å².